The smallest absolute Gasteiger partial charge is 0.278 e. The van der Waals surface area contributed by atoms with E-state index in [9.17, 15) is 4.79 Å². The lowest BCUT2D eigenvalue weighted by Crippen LogP contribution is -2.28. The summed E-state index contributed by atoms with van der Waals surface area (Å²) in [7, 11) is 1.54. The van der Waals surface area contributed by atoms with Gasteiger partial charge in [0, 0.05) is 18.1 Å². The number of nitrogens with one attached hydrogen (secondary N) is 1. The minimum atomic E-state index is -0.365. The molecular formula is C20H21ClN4O2. The molecule has 27 heavy (non-hydrogen) atoms. The molecular weight excluding hydrogens is 364 g/mol. The zero-order chi connectivity index (χ0) is 19.4. The third kappa shape index (κ3) is 3.95. The molecule has 3 rings (SSSR count). The molecule has 0 aliphatic heterocycles. The van der Waals surface area contributed by atoms with Crippen LogP contribution in [0.4, 0.5) is 11.5 Å². The van der Waals surface area contributed by atoms with Crippen molar-refractivity contribution in [2.45, 2.75) is 13.8 Å². The molecule has 3 aromatic rings. The summed E-state index contributed by atoms with van der Waals surface area (Å²) < 4.78 is 5.31. The molecule has 0 saturated carbocycles. The quantitative estimate of drug-likeness (QED) is 0.682. The summed E-state index contributed by atoms with van der Waals surface area (Å²) in [5.41, 5.74) is 2.16. The SMILES string of the molecule is CCN(CC)c1nc2ccccc2nc1C(=O)Nc1cc(Cl)ccc1OC. The lowest BCUT2D eigenvalue weighted by Gasteiger charge is -2.22. The summed E-state index contributed by atoms with van der Waals surface area (Å²) in [6.07, 6.45) is 0. The molecule has 0 unspecified atom stereocenters. The second-order valence-corrected chi connectivity index (χ2v) is 6.29. The lowest BCUT2D eigenvalue weighted by molar-refractivity contribution is 0.102. The average Bonchev–Trinajstić information content (AvgIpc) is 2.68. The third-order valence-electron chi connectivity index (χ3n) is 4.24. The second-order valence-electron chi connectivity index (χ2n) is 5.86. The Balaban J connectivity index is 2.07. The van der Waals surface area contributed by atoms with Gasteiger partial charge in [0.2, 0.25) is 0 Å². The highest BCUT2D eigenvalue weighted by atomic mass is 35.5. The van der Waals surface area contributed by atoms with Crippen molar-refractivity contribution in [3.63, 3.8) is 0 Å². The number of benzene rings is 2. The summed E-state index contributed by atoms with van der Waals surface area (Å²) in [4.78, 5) is 24.3. The van der Waals surface area contributed by atoms with E-state index in [1.54, 1.807) is 18.2 Å². The number of para-hydroxylation sites is 2. The highest BCUT2D eigenvalue weighted by molar-refractivity contribution is 6.31. The maximum Gasteiger partial charge on any atom is 0.278 e. The molecule has 140 valence electrons. The van der Waals surface area contributed by atoms with E-state index in [0.29, 0.717) is 40.9 Å². The van der Waals surface area contributed by atoms with Crippen molar-refractivity contribution in [3.8, 4) is 5.75 Å². The molecule has 6 nitrogen and oxygen atoms in total. The predicted octanol–water partition coefficient (Wildman–Crippen LogP) is 4.39. The number of rotatable bonds is 6. The van der Waals surface area contributed by atoms with Crippen LogP contribution in [0.1, 0.15) is 24.3 Å². The number of hydrogen-bond donors (Lipinski definition) is 1. The zero-order valence-corrected chi connectivity index (χ0v) is 16.2. The number of fused-ring (bicyclic) bond motifs is 1. The molecule has 0 bridgehead atoms. The molecule has 1 aromatic heterocycles. The van der Waals surface area contributed by atoms with Crippen LogP contribution in [0.3, 0.4) is 0 Å². The van der Waals surface area contributed by atoms with Gasteiger partial charge in [-0.1, -0.05) is 23.7 Å². The maximum atomic E-state index is 13.1. The first-order chi connectivity index (χ1) is 13.1. The van der Waals surface area contributed by atoms with Crippen LogP contribution in [0.25, 0.3) is 11.0 Å². The molecule has 0 radical (unpaired) electrons. The van der Waals surface area contributed by atoms with Crippen molar-refractivity contribution in [2.24, 2.45) is 0 Å². The molecule has 7 heteroatoms. The Hall–Kier alpha value is -2.86. The number of carbonyl (C=O) groups excluding carboxylic acids is 1. The van der Waals surface area contributed by atoms with Gasteiger partial charge in [-0.15, -0.1) is 0 Å². The highest BCUT2D eigenvalue weighted by Gasteiger charge is 2.21. The summed E-state index contributed by atoms with van der Waals surface area (Å²) in [5.74, 6) is 0.707. The maximum absolute atomic E-state index is 13.1. The second kappa shape index (κ2) is 8.22. The van der Waals surface area contributed by atoms with Crippen LogP contribution < -0.4 is 15.0 Å². The van der Waals surface area contributed by atoms with Gasteiger partial charge in [-0.3, -0.25) is 4.79 Å². The van der Waals surface area contributed by atoms with Crippen molar-refractivity contribution < 1.29 is 9.53 Å². The van der Waals surface area contributed by atoms with Gasteiger partial charge in [-0.25, -0.2) is 9.97 Å². The van der Waals surface area contributed by atoms with Gasteiger partial charge in [0.1, 0.15) is 5.75 Å². The Bertz CT molecular complexity index is 973. The fourth-order valence-electron chi connectivity index (χ4n) is 2.85. The molecule has 0 fully saturated rings. The number of methoxy groups -OCH3 is 1. The molecule has 0 atom stereocenters. The number of ether oxygens (including phenoxy) is 1. The Morgan fingerprint density at radius 1 is 1.11 bits per heavy atom. The van der Waals surface area contributed by atoms with E-state index >= 15 is 0 Å². The first-order valence-corrected chi connectivity index (χ1v) is 9.11. The molecule has 0 aliphatic carbocycles. The van der Waals surface area contributed by atoms with Crippen molar-refractivity contribution in [1.82, 2.24) is 9.97 Å². The van der Waals surface area contributed by atoms with Crippen LogP contribution in [0.2, 0.25) is 5.02 Å². The van der Waals surface area contributed by atoms with E-state index in [1.807, 2.05) is 43.0 Å². The fourth-order valence-corrected chi connectivity index (χ4v) is 3.02. The van der Waals surface area contributed by atoms with E-state index in [-0.39, 0.29) is 11.6 Å². The standard InChI is InChI=1S/C20H21ClN4O2/c1-4-25(5-2)19-18(22-14-8-6-7-9-15(14)23-19)20(26)24-16-12-13(21)10-11-17(16)27-3/h6-12H,4-5H2,1-3H3,(H,24,26). The first-order valence-electron chi connectivity index (χ1n) is 8.74. The third-order valence-corrected chi connectivity index (χ3v) is 4.48. The van der Waals surface area contributed by atoms with Crippen LogP contribution in [0, 0.1) is 0 Å². The Morgan fingerprint density at radius 3 is 2.41 bits per heavy atom. The van der Waals surface area contributed by atoms with E-state index < -0.39 is 0 Å². The zero-order valence-electron chi connectivity index (χ0n) is 15.5. The average molecular weight is 385 g/mol. The van der Waals surface area contributed by atoms with E-state index in [4.69, 9.17) is 16.3 Å². The highest BCUT2D eigenvalue weighted by Crippen LogP contribution is 2.29. The van der Waals surface area contributed by atoms with Gasteiger partial charge in [-0.2, -0.15) is 0 Å². The first kappa shape index (κ1) is 18.9. The molecule has 0 aliphatic rings. The minimum Gasteiger partial charge on any atom is -0.495 e. The number of halogens is 1. The molecule has 0 saturated heterocycles. The van der Waals surface area contributed by atoms with Crippen molar-refractivity contribution in [1.29, 1.82) is 0 Å². The molecule has 1 amide bonds. The van der Waals surface area contributed by atoms with Crippen LogP contribution in [-0.2, 0) is 0 Å². The van der Waals surface area contributed by atoms with Gasteiger partial charge in [0.25, 0.3) is 5.91 Å². The fraction of sp³-hybridized carbons (Fsp3) is 0.250. The molecule has 1 heterocycles. The summed E-state index contributed by atoms with van der Waals surface area (Å²) in [6, 6.07) is 12.5. The normalized spacial score (nSPS) is 10.7. The van der Waals surface area contributed by atoms with Crippen LogP contribution >= 0.6 is 11.6 Å². The minimum absolute atomic E-state index is 0.263. The van der Waals surface area contributed by atoms with Gasteiger partial charge in [0.05, 0.1) is 23.8 Å². The topological polar surface area (TPSA) is 67.4 Å². The predicted molar refractivity (Wildman–Crippen MR) is 109 cm³/mol. The number of hydrogen-bond acceptors (Lipinski definition) is 5. The number of carbonyl (C=O) groups is 1. The van der Waals surface area contributed by atoms with E-state index in [2.05, 4.69) is 15.3 Å². The molecule has 1 N–H and O–H groups in total. The van der Waals surface area contributed by atoms with E-state index in [0.717, 1.165) is 5.52 Å². The largest absolute Gasteiger partial charge is 0.495 e. The monoisotopic (exact) mass is 384 g/mol. The Labute approximate surface area is 163 Å². The molecule has 2 aromatic carbocycles. The number of aromatic nitrogens is 2. The van der Waals surface area contributed by atoms with Crippen molar-refractivity contribution in [3.05, 3.63) is 53.2 Å². The van der Waals surface area contributed by atoms with Crippen LogP contribution in [-0.4, -0.2) is 36.1 Å². The Kier molecular flexibility index (Phi) is 5.76. The van der Waals surface area contributed by atoms with Gasteiger partial charge in [-0.05, 0) is 44.2 Å². The van der Waals surface area contributed by atoms with Crippen LogP contribution in [0.5, 0.6) is 5.75 Å². The van der Waals surface area contributed by atoms with Gasteiger partial charge >= 0.3 is 0 Å². The van der Waals surface area contributed by atoms with E-state index in [1.165, 1.54) is 7.11 Å². The summed E-state index contributed by atoms with van der Waals surface area (Å²) in [5, 5.41) is 3.35. The lowest BCUT2D eigenvalue weighted by atomic mass is 10.2. The van der Waals surface area contributed by atoms with Gasteiger partial charge in [0.15, 0.2) is 11.5 Å². The molecule has 0 spiro atoms. The Morgan fingerprint density at radius 2 is 1.78 bits per heavy atom. The van der Waals surface area contributed by atoms with Crippen LogP contribution in [0.15, 0.2) is 42.5 Å². The van der Waals surface area contributed by atoms with Gasteiger partial charge < -0.3 is 15.0 Å². The summed E-state index contributed by atoms with van der Waals surface area (Å²) >= 11 is 6.06. The number of amides is 1. The van der Waals surface area contributed by atoms with Crippen molar-refractivity contribution >= 4 is 40.0 Å². The number of anilines is 2. The summed E-state index contributed by atoms with van der Waals surface area (Å²) in [6.45, 7) is 5.46. The number of nitrogens with zero attached hydrogens (tertiary/aromatic N) is 3. The van der Waals surface area contributed by atoms with Crippen molar-refractivity contribution in [2.75, 3.05) is 30.4 Å².